The van der Waals surface area contributed by atoms with Gasteiger partial charge in [0.15, 0.2) is 0 Å². The number of hydrogen-bond acceptors (Lipinski definition) is 2. The third-order valence-corrected chi connectivity index (χ3v) is 5.43. The Morgan fingerprint density at radius 1 is 1.17 bits per heavy atom. The minimum Gasteiger partial charge on any atom is -0.342 e. The SMILES string of the molecule is CCCC1(C(=O)N2CCC3(CCNCC3)C2)CC1. The van der Waals surface area contributed by atoms with Crippen molar-refractivity contribution < 1.29 is 4.79 Å². The lowest BCUT2D eigenvalue weighted by atomic mass is 9.78. The predicted octanol–water partition coefficient (Wildman–Crippen LogP) is 2.17. The molecule has 1 saturated carbocycles. The molecule has 0 aromatic heterocycles. The summed E-state index contributed by atoms with van der Waals surface area (Å²) in [6.07, 6.45) is 8.30. The number of nitrogens with zero attached hydrogens (tertiary/aromatic N) is 1. The Labute approximate surface area is 110 Å². The molecule has 3 rings (SSSR count). The third-order valence-electron chi connectivity index (χ3n) is 5.43. The van der Waals surface area contributed by atoms with Crippen LogP contribution in [0.2, 0.25) is 0 Å². The highest BCUT2D eigenvalue weighted by Crippen LogP contribution is 2.52. The van der Waals surface area contributed by atoms with E-state index in [1.165, 1.54) is 19.3 Å². The van der Waals surface area contributed by atoms with Crippen LogP contribution in [0.4, 0.5) is 0 Å². The number of carbonyl (C=O) groups excluding carboxylic acids is 1. The van der Waals surface area contributed by atoms with Gasteiger partial charge in [-0.1, -0.05) is 13.3 Å². The number of hydrogen-bond donors (Lipinski definition) is 1. The summed E-state index contributed by atoms with van der Waals surface area (Å²) in [7, 11) is 0. The van der Waals surface area contributed by atoms with Gasteiger partial charge in [-0.3, -0.25) is 4.79 Å². The second-order valence-electron chi connectivity index (χ2n) is 6.76. The van der Waals surface area contributed by atoms with Crippen molar-refractivity contribution in [1.29, 1.82) is 0 Å². The van der Waals surface area contributed by atoms with Gasteiger partial charge in [-0.2, -0.15) is 0 Å². The zero-order valence-corrected chi connectivity index (χ0v) is 11.6. The molecule has 1 amide bonds. The van der Waals surface area contributed by atoms with E-state index in [2.05, 4.69) is 17.1 Å². The van der Waals surface area contributed by atoms with Crippen LogP contribution < -0.4 is 5.32 Å². The first-order chi connectivity index (χ1) is 8.70. The fourth-order valence-electron chi connectivity index (χ4n) is 4.01. The number of amides is 1. The van der Waals surface area contributed by atoms with Gasteiger partial charge in [0, 0.05) is 18.5 Å². The van der Waals surface area contributed by atoms with Crippen molar-refractivity contribution in [2.24, 2.45) is 10.8 Å². The van der Waals surface area contributed by atoms with Crippen LogP contribution in [-0.2, 0) is 4.79 Å². The first kappa shape index (κ1) is 12.5. The number of piperidine rings is 1. The van der Waals surface area contributed by atoms with Crippen LogP contribution in [0.5, 0.6) is 0 Å². The van der Waals surface area contributed by atoms with Crippen molar-refractivity contribution in [3.05, 3.63) is 0 Å². The molecule has 1 N–H and O–H groups in total. The van der Waals surface area contributed by atoms with Gasteiger partial charge in [-0.15, -0.1) is 0 Å². The smallest absolute Gasteiger partial charge is 0.228 e. The van der Waals surface area contributed by atoms with Crippen LogP contribution >= 0.6 is 0 Å². The van der Waals surface area contributed by atoms with Crippen molar-refractivity contribution in [2.75, 3.05) is 26.2 Å². The fraction of sp³-hybridized carbons (Fsp3) is 0.933. The summed E-state index contributed by atoms with van der Waals surface area (Å²) in [6, 6.07) is 0. The van der Waals surface area contributed by atoms with Crippen molar-refractivity contribution in [1.82, 2.24) is 10.2 Å². The third kappa shape index (κ3) is 2.07. The lowest BCUT2D eigenvalue weighted by molar-refractivity contribution is -0.136. The van der Waals surface area contributed by atoms with Crippen LogP contribution in [0.25, 0.3) is 0 Å². The molecule has 2 heterocycles. The molecule has 0 bridgehead atoms. The van der Waals surface area contributed by atoms with Gasteiger partial charge >= 0.3 is 0 Å². The molecule has 1 aliphatic carbocycles. The summed E-state index contributed by atoms with van der Waals surface area (Å²) < 4.78 is 0. The van der Waals surface area contributed by atoms with Gasteiger partial charge in [0.2, 0.25) is 5.91 Å². The molecule has 0 aromatic rings. The first-order valence-corrected chi connectivity index (χ1v) is 7.70. The van der Waals surface area contributed by atoms with E-state index in [1.54, 1.807) is 0 Å². The van der Waals surface area contributed by atoms with Crippen LogP contribution in [0.15, 0.2) is 0 Å². The highest BCUT2D eigenvalue weighted by atomic mass is 16.2. The Hall–Kier alpha value is -0.570. The molecule has 102 valence electrons. The van der Waals surface area contributed by atoms with Gasteiger partial charge in [0.05, 0.1) is 0 Å². The molecule has 0 atom stereocenters. The molecule has 2 saturated heterocycles. The van der Waals surface area contributed by atoms with Crippen molar-refractivity contribution >= 4 is 5.91 Å². The van der Waals surface area contributed by atoms with E-state index in [4.69, 9.17) is 0 Å². The largest absolute Gasteiger partial charge is 0.342 e. The molecule has 3 nitrogen and oxygen atoms in total. The Balaban J connectivity index is 1.63. The zero-order valence-electron chi connectivity index (χ0n) is 11.6. The predicted molar refractivity (Wildman–Crippen MR) is 72.3 cm³/mol. The molecule has 3 aliphatic rings. The quantitative estimate of drug-likeness (QED) is 0.832. The molecule has 3 fully saturated rings. The second kappa shape index (κ2) is 4.52. The minimum absolute atomic E-state index is 0.0766. The summed E-state index contributed by atoms with van der Waals surface area (Å²) in [6.45, 7) is 6.54. The van der Waals surface area contributed by atoms with Gasteiger partial charge in [0.1, 0.15) is 0 Å². The summed E-state index contributed by atoms with van der Waals surface area (Å²) in [4.78, 5) is 14.9. The summed E-state index contributed by atoms with van der Waals surface area (Å²) in [5.41, 5.74) is 0.538. The van der Waals surface area contributed by atoms with Crippen molar-refractivity contribution in [2.45, 2.75) is 51.9 Å². The normalized spacial score (nSPS) is 28.6. The maximum Gasteiger partial charge on any atom is 0.228 e. The lowest BCUT2D eigenvalue weighted by Crippen LogP contribution is -2.41. The second-order valence-corrected chi connectivity index (χ2v) is 6.76. The number of likely N-dealkylation sites (tertiary alicyclic amines) is 1. The monoisotopic (exact) mass is 250 g/mol. The maximum absolute atomic E-state index is 12.7. The van der Waals surface area contributed by atoms with Gasteiger partial charge in [-0.05, 0) is 57.0 Å². The molecule has 2 aliphatic heterocycles. The Kier molecular flexibility index (Phi) is 3.13. The molecule has 18 heavy (non-hydrogen) atoms. The van der Waals surface area contributed by atoms with E-state index in [9.17, 15) is 4.79 Å². The van der Waals surface area contributed by atoms with Crippen LogP contribution in [-0.4, -0.2) is 37.0 Å². The van der Waals surface area contributed by atoms with Crippen molar-refractivity contribution in [3.63, 3.8) is 0 Å². The Morgan fingerprint density at radius 2 is 1.89 bits per heavy atom. The highest BCUT2D eigenvalue weighted by molar-refractivity contribution is 5.85. The van der Waals surface area contributed by atoms with Gasteiger partial charge in [-0.25, -0.2) is 0 Å². The average molecular weight is 250 g/mol. The molecular weight excluding hydrogens is 224 g/mol. The molecule has 3 heteroatoms. The first-order valence-electron chi connectivity index (χ1n) is 7.70. The van der Waals surface area contributed by atoms with Crippen LogP contribution in [0, 0.1) is 10.8 Å². The van der Waals surface area contributed by atoms with E-state index in [0.29, 0.717) is 11.3 Å². The number of carbonyl (C=O) groups is 1. The molecule has 1 spiro atoms. The van der Waals surface area contributed by atoms with E-state index in [0.717, 1.165) is 51.9 Å². The van der Waals surface area contributed by atoms with E-state index in [-0.39, 0.29) is 5.41 Å². The summed E-state index contributed by atoms with van der Waals surface area (Å²) in [5.74, 6) is 0.486. The van der Waals surface area contributed by atoms with Gasteiger partial charge < -0.3 is 10.2 Å². The highest BCUT2D eigenvalue weighted by Gasteiger charge is 2.53. The molecule has 0 aromatic carbocycles. The zero-order chi connectivity index (χ0) is 12.6. The lowest BCUT2D eigenvalue weighted by Gasteiger charge is -2.34. The summed E-state index contributed by atoms with van der Waals surface area (Å²) in [5, 5.41) is 3.44. The van der Waals surface area contributed by atoms with Crippen molar-refractivity contribution in [3.8, 4) is 0 Å². The van der Waals surface area contributed by atoms with E-state index >= 15 is 0 Å². The standard InChI is InChI=1S/C15H26N2O/c1-2-3-15(4-5-15)13(18)17-11-8-14(12-17)6-9-16-10-7-14/h16H,2-12H2,1H3. The number of nitrogens with one attached hydrogen (secondary N) is 1. The summed E-state index contributed by atoms with van der Waals surface area (Å²) >= 11 is 0. The maximum atomic E-state index is 12.7. The van der Waals surface area contributed by atoms with E-state index < -0.39 is 0 Å². The fourth-order valence-corrected chi connectivity index (χ4v) is 4.01. The Morgan fingerprint density at radius 3 is 2.50 bits per heavy atom. The molecular formula is C15H26N2O. The van der Waals surface area contributed by atoms with E-state index in [1.807, 2.05) is 0 Å². The van der Waals surface area contributed by atoms with Crippen LogP contribution in [0.1, 0.15) is 51.9 Å². The number of rotatable bonds is 3. The Bertz CT molecular complexity index is 329. The van der Waals surface area contributed by atoms with Gasteiger partial charge in [0.25, 0.3) is 0 Å². The molecule has 0 unspecified atom stereocenters. The molecule has 0 radical (unpaired) electrons. The van der Waals surface area contributed by atoms with Crippen LogP contribution in [0.3, 0.4) is 0 Å². The topological polar surface area (TPSA) is 32.3 Å². The minimum atomic E-state index is 0.0766. The average Bonchev–Trinajstić information content (AvgIpc) is 3.07.